The first kappa shape index (κ1) is 28.5. The number of nitrogens with one attached hydrogen (secondary N) is 1. The summed E-state index contributed by atoms with van der Waals surface area (Å²) in [6.07, 6.45) is 24.7. The highest BCUT2D eigenvalue weighted by Gasteiger charge is 2.80. The highest BCUT2D eigenvalue weighted by Crippen LogP contribution is 2.84. The van der Waals surface area contributed by atoms with Crippen molar-refractivity contribution in [1.29, 1.82) is 0 Å². The average Bonchev–Trinajstić information content (AvgIpc) is 3.44. The molecule has 4 atom stereocenters. The van der Waals surface area contributed by atoms with E-state index in [1.807, 2.05) is 12.3 Å². The van der Waals surface area contributed by atoms with E-state index in [0.717, 1.165) is 84.0 Å². The standard InChI is InChI=1S/C37H49FN2O/c1-4-26(2)13-14-29-15-18-33(38)22-30(29)19-20-36(23-31-16-17-32-24-37(31,32)36)35-40-34(25-41-35)27(3)39-21-9-8-12-28-10-6-5-7-11-28/h13-15,18,22,25,28,31-32,39H,2-12,16-17,19-21,23-24H2,1H3/b14-13+. The molecule has 4 saturated carbocycles. The molecule has 2 aromatic rings. The molecule has 1 spiro atoms. The molecule has 0 amide bonds. The summed E-state index contributed by atoms with van der Waals surface area (Å²) in [5.41, 5.74) is 5.21. The smallest absolute Gasteiger partial charge is 0.201 e. The number of rotatable bonds is 14. The van der Waals surface area contributed by atoms with Crippen LogP contribution in [-0.4, -0.2) is 11.5 Å². The van der Waals surface area contributed by atoms with E-state index in [1.165, 1.54) is 70.6 Å². The number of benzene rings is 1. The molecule has 1 N–H and O–H groups in total. The predicted molar refractivity (Wildman–Crippen MR) is 167 cm³/mol. The van der Waals surface area contributed by atoms with Gasteiger partial charge in [0, 0.05) is 6.54 Å². The van der Waals surface area contributed by atoms with Crippen LogP contribution in [0.5, 0.6) is 0 Å². The third-order valence-electron chi connectivity index (χ3n) is 11.4. The Bertz CT molecular complexity index is 1290. The van der Waals surface area contributed by atoms with Gasteiger partial charge in [0.1, 0.15) is 17.8 Å². The quantitative estimate of drug-likeness (QED) is 0.186. The average molecular weight is 557 g/mol. The van der Waals surface area contributed by atoms with Crippen LogP contribution >= 0.6 is 0 Å². The first-order chi connectivity index (χ1) is 19.9. The van der Waals surface area contributed by atoms with E-state index in [2.05, 4.69) is 37.6 Å². The van der Waals surface area contributed by atoms with Crippen molar-refractivity contribution in [3.63, 3.8) is 0 Å². The van der Waals surface area contributed by atoms with Gasteiger partial charge in [-0.15, -0.1) is 0 Å². The van der Waals surface area contributed by atoms with Gasteiger partial charge >= 0.3 is 0 Å². The molecule has 3 nitrogen and oxygen atoms in total. The van der Waals surface area contributed by atoms with E-state index in [9.17, 15) is 4.39 Å². The van der Waals surface area contributed by atoms with Crippen LogP contribution in [0.3, 0.4) is 0 Å². The Balaban J connectivity index is 1.12. The number of aryl methyl sites for hydroxylation is 1. The minimum absolute atomic E-state index is 0.0579. The maximum Gasteiger partial charge on any atom is 0.201 e. The topological polar surface area (TPSA) is 38.1 Å². The number of hydrogen-bond donors (Lipinski definition) is 1. The van der Waals surface area contributed by atoms with Gasteiger partial charge in [-0.1, -0.05) is 88.8 Å². The molecule has 4 fully saturated rings. The third kappa shape index (κ3) is 5.48. The van der Waals surface area contributed by atoms with Crippen molar-refractivity contribution in [2.24, 2.45) is 23.2 Å². The number of oxazole rings is 1. The molecule has 0 saturated heterocycles. The van der Waals surface area contributed by atoms with Crippen LogP contribution in [0.4, 0.5) is 4.39 Å². The van der Waals surface area contributed by atoms with Gasteiger partial charge in [-0.05, 0) is 97.8 Å². The van der Waals surface area contributed by atoms with E-state index in [-0.39, 0.29) is 11.2 Å². The van der Waals surface area contributed by atoms with Crippen LogP contribution in [0.2, 0.25) is 0 Å². The molecular formula is C37H49FN2O. The Hall–Kier alpha value is -2.62. The summed E-state index contributed by atoms with van der Waals surface area (Å²) in [5, 5.41) is 3.53. The zero-order valence-corrected chi connectivity index (χ0v) is 25.2. The lowest BCUT2D eigenvalue weighted by Crippen LogP contribution is -2.53. The number of nitrogens with zero attached hydrogens (tertiary/aromatic N) is 1. The lowest BCUT2D eigenvalue weighted by molar-refractivity contribution is -0.0146. The van der Waals surface area contributed by atoms with Gasteiger partial charge in [0.2, 0.25) is 5.89 Å². The van der Waals surface area contributed by atoms with Crippen molar-refractivity contribution in [2.75, 3.05) is 6.54 Å². The van der Waals surface area contributed by atoms with Gasteiger partial charge in [-0.2, -0.15) is 0 Å². The van der Waals surface area contributed by atoms with E-state index >= 15 is 0 Å². The van der Waals surface area contributed by atoms with Crippen LogP contribution in [0.1, 0.15) is 120 Å². The molecular weight excluding hydrogens is 507 g/mol. The summed E-state index contributed by atoms with van der Waals surface area (Å²) >= 11 is 0. The summed E-state index contributed by atoms with van der Waals surface area (Å²) in [4.78, 5) is 5.10. The molecule has 0 radical (unpaired) electrons. The summed E-state index contributed by atoms with van der Waals surface area (Å²) in [7, 11) is 0. The molecule has 4 unspecified atom stereocenters. The monoisotopic (exact) mass is 556 g/mol. The summed E-state index contributed by atoms with van der Waals surface area (Å²) in [6.45, 7) is 11.5. The summed E-state index contributed by atoms with van der Waals surface area (Å²) in [5.74, 6) is 3.25. The van der Waals surface area contributed by atoms with E-state index < -0.39 is 0 Å². The second-order valence-corrected chi connectivity index (χ2v) is 13.6. The van der Waals surface area contributed by atoms with Crippen molar-refractivity contribution in [2.45, 2.75) is 109 Å². The molecule has 4 aliphatic rings. The lowest BCUT2D eigenvalue weighted by Gasteiger charge is -2.54. The molecule has 1 aromatic heterocycles. The summed E-state index contributed by atoms with van der Waals surface area (Å²) in [6, 6.07) is 5.19. The van der Waals surface area contributed by atoms with E-state index in [4.69, 9.17) is 9.40 Å². The molecule has 0 aliphatic heterocycles. The maximum absolute atomic E-state index is 14.4. The summed E-state index contributed by atoms with van der Waals surface area (Å²) < 4.78 is 20.7. The first-order valence-corrected chi connectivity index (χ1v) is 16.5. The number of unbranched alkanes of at least 4 members (excludes halogenated alkanes) is 1. The molecule has 4 heteroatoms. The fourth-order valence-corrected chi connectivity index (χ4v) is 8.96. The third-order valence-corrected chi connectivity index (χ3v) is 11.4. The van der Waals surface area contributed by atoms with Gasteiger partial charge < -0.3 is 9.73 Å². The lowest BCUT2D eigenvalue weighted by atomic mass is 9.49. The molecule has 1 aromatic carbocycles. The van der Waals surface area contributed by atoms with Crippen molar-refractivity contribution in [3.05, 3.63) is 77.8 Å². The van der Waals surface area contributed by atoms with Crippen LogP contribution in [0, 0.1) is 29.0 Å². The molecule has 6 rings (SSSR count). The Kier molecular flexibility index (Phi) is 8.30. The van der Waals surface area contributed by atoms with Crippen LogP contribution in [0.15, 0.2) is 53.7 Å². The maximum atomic E-state index is 14.4. The highest BCUT2D eigenvalue weighted by atomic mass is 19.1. The minimum Gasteiger partial charge on any atom is -0.448 e. The van der Waals surface area contributed by atoms with Gasteiger partial charge in [0.25, 0.3) is 0 Å². The second kappa shape index (κ2) is 11.9. The Morgan fingerprint density at radius 3 is 2.66 bits per heavy atom. The van der Waals surface area contributed by atoms with Gasteiger partial charge in [0.15, 0.2) is 0 Å². The largest absolute Gasteiger partial charge is 0.448 e. The predicted octanol–water partition coefficient (Wildman–Crippen LogP) is 9.79. The Labute approximate surface area is 246 Å². The highest BCUT2D eigenvalue weighted by molar-refractivity contribution is 5.58. The Morgan fingerprint density at radius 1 is 1.10 bits per heavy atom. The van der Waals surface area contributed by atoms with Gasteiger partial charge in [0.05, 0.1) is 11.1 Å². The van der Waals surface area contributed by atoms with E-state index in [0.29, 0.717) is 5.41 Å². The normalized spacial score (nSPS) is 28.7. The van der Waals surface area contributed by atoms with Crippen molar-refractivity contribution < 1.29 is 8.81 Å². The van der Waals surface area contributed by atoms with Crippen LogP contribution in [-0.2, 0) is 11.8 Å². The number of halogens is 1. The van der Waals surface area contributed by atoms with Crippen molar-refractivity contribution in [3.8, 4) is 0 Å². The van der Waals surface area contributed by atoms with Crippen molar-refractivity contribution >= 4 is 11.8 Å². The van der Waals surface area contributed by atoms with Gasteiger partial charge in [-0.25, -0.2) is 9.37 Å². The SMILES string of the molecule is C=C(/C=C/c1ccc(F)cc1CCC1(c2nc(C(=C)NCCCCC3CCCCC3)co2)CC2CCC3CC231)CC. The Morgan fingerprint density at radius 2 is 1.90 bits per heavy atom. The number of hydrogen-bond acceptors (Lipinski definition) is 3. The first-order valence-electron chi connectivity index (χ1n) is 16.5. The van der Waals surface area contributed by atoms with E-state index in [1.54, 1.807) is 12.1 Å². The second-order valence-electron chi connectivity index (χ2n) is 13.6. The fraction of sp³-hybridized carbons (Fsp3) is 0.595. The molecule has 220 valence electrons. The fourth-order valence-electron chi connectivity index (χ4n) is 8.96. The van der Waals surface area contributed by atoms with Gasteiger partial charge in [-0.3, -0.25) is 0 Å². The number of aromatic nitrogens is 1. The molecule has 1 heterocycles. The minimum atomic E-state index is -0.171. The zero-order chi connectivity index (χ0) is 28.5. The van der Waals surface area contributed by atoms with Crippen LogP contribution in [0.25, 0.3) is 11.8 Å². The molecule has 4 aliphatic carbocycles. The van der Waals surface area contributed by atoms with Crippen LogP contribution < -0.4 is 5.32 Å². The zero-order valence-electron chi connectivity index (χ0n) is 25.2. The molecule has 41 heavy (non-hydrogen) atoms. The molecule has 0 bridgehead atoms. The van der Waals surface area contributed by atoms with Crippen molar-refractivity contribution in [1.82, 2.24) is 10.3 Å². The number of allylic oxidation sites excluding steroid dienone is 2.